The van der Waals surface area contributed by atoms with E-state index >= 15 is 0 Å². The SMILES string of the molecule is CCC(CN(C(=O)OC(C)(C)C)C1CCCC1)C(OC)c1cc(-c2ccccc2)no1. The fourth-order valence-electron chi connectivity index (χ4n) is 4.31. The molecule has 0 bridgehead atoms. The van der Waals surface area contributed by atoms with Crippen LogP contribution in [-0.2, 0) is 9.47 Å². The monoisotopic (exact) mass is 428 g/mol. The molecule has 170 valence electrons. The molecule has 0 radical (unpaired) electrons. The van der Waals surface area contributed by atoms with Crippen molar-refractivity contribution < 1.29 is 18.8 Å². The Morgan fingerprint density at radius 3 is 2.48 bits per heavy atom. The molecule has 1 heterocycles. The minimum absolute atomic E-state index is 0.0645. The number of ether oxygens (including phenoxy) is 2. The zero-order valence-electron chi connectivity index (χ0n) is 19.5. The molecule has 3 rings (SSSR count). The average molecular weight is 429 g/mol. The number of methoxy groups -OCH3 is 1. The number of rotatable bonds is 8. The van der Waals surface area contributed by atoms with Gasteiger partial charge in [-0.05, 0) is 40.0 Å². The fraction of sp³-hybridized carbons (Fsp3) is 0.600. The van der Waals surface area contributed by atoms with Gasteiger partial charge in [-0.3, -0.25) is 0 Å². The summed E-state index contributed by atoms with van der Waals surface area (Å²) in [6, 6.07) is 12.1. The van der Waals surface area contributed by atoms with Crippen LogP contribution in [0, 0.1) is 5.92 Å². The topological polar surface area (TPSA) is 64.8 Å². The first-order chi connectivity index (χ1) is 14.8. The van der Waals surface area contributed by atoms with Crippen LogP contribution in [0.4, 0.5) is 4.79 Å². The molecule has 31 heavy (non-hydrogen) atoms. The van der Waals surface area contributed by atoms with Crippen LogP contribution in [0.1, 0.15) is 71.7 Å². The molecule has 1 fully saturated rings. The molecule has 1 aromatic carbocycles. The van der Waals surface area contributed by atoms with Crippen molar-refractivity contribution in [2.45, 2.75) is 77.5 Å². The lowest BCUT2D eigenvalue weighted by Crippen LogP contribution is -2.45. The molecule has 2 unspecified atom stereocenters. The molecule has 0 aliphatic heterocycles. The number of nitrogens with zero attached hydrogens (tertiary/aromatic N) is 2. The Morgan fingerprint density at radius 2 is 1.90 bits per heavy atom. The van der Waals surface area contributed by atoms with Crippen LogP contribution >= 0.6 is 0 Å². The molecule has 2 aromatic rings. The Morgan fingerprint density at radius 1 is 1.23 bits per heavy atom. The highest BCUT2D eigenvalue weighted by Gasteiger charge is 2.35. The number of benzene rings is 1. The van der Waals surface area contributed by atoms with Gasteiger partial charge >= 0.3 is 6.09 Å². The van der Waals surface area contributed by atoms with Gasteiger partial charge in [-0.25, -0.2) is 4.79 Å². The summed E-state index contributed by atoms with van der Waals surface area (Å²) in [6.07, 6.45) is 4.65. The molecule has 1 aliphatic rings. The van der Waals surface area contributed by atoms with Gasteiger partial charge in [0.2, 0.25) is 0 Å². The van der Waals surface area contributed by atoms with E-state index in [9.17, 15) is 4.79 Å². The first kappa shape index (κ1) is 23.3. The van der Waals surface area contributed by atoms with Crippen molar-refractivity contribution in [3.05, 3.63) is 42.2 Å². The van der Waals surface area contributed by atoms with E-state index in [0.717, 1.165) is 43.4 Å². The van der Waals surface area contributed by atoms with Gasteiger partial charge in [-0.1, -0.05) is 55.3 Å². The van der Waals surface area contributed by atoms with Crippen LogP contribution < -0.4 is 0 Å². The lowest BCUT2D eigenvalue weighted by Gasteiger charge is -2.35. The van der Waals surface area contributed by atoms with Gasteiger partial charge in [-0.15, -0.1) is 0 Å². The van der Waals surface area contributed by atoms with Crippen molar-refractivity contribution in [1.82, 2.24) is 10.1 Å². The van der Waals surface area contributed by atoms with Gasteiger partial charge in [-0.2, -0.15) is 0 Å². The van der Waals surface area contributed by atoms with E-state index in [0.29, 0.717) is 12.3 Å². The van der Waals surface area contributed by atoms with Crippen molar-refractivity contribution in [3.8, 4) is 11.3 Å². The third kappa shape index (κ3) is 6.10. The summed E-state index contributed by atoms with van der Waals surface area (Å²) in [4.78, 5) is 15.0. The van der Waals surface area contributed by atoms with Crippen LogP contribution in [-0.4, -0.2) is 41.4 Å². The number of amides is 1. The van der Waals surface area contributed by atoms with E-state index in [1.165, 1.54) is 0 Å². The maximum Gasteiger partial charge on any atom is 0.410 e. The van der Waals surface area contributed by atoms with Crippen LogP contribution in [0.25, 0.3) is 11.3 Å². The Labute approximate surface area is 185 Å². The second-order valence-electron chi connectivity index (χ2n) is 9.38. The van der Waals surface area contributed by atoms with Crippen molar-refractivity contribution in [1.29, 1.82) is 0 Å². The van der Waals surface area contributed by atoms with E-state index in [4.69, 9.17) is 14.0 Å². The predicted octanol–water partition coefficient (Wildman–Crippen LogP) is 6.24. The maximum atomic E-state index is 13.1. The first-order valence-electron chi connectivity index (χ1n) is 11.4. The molecule has 6 nitrogen and oxygen atoms in total. The Hall–Kier alpha value is -2.34. The second kappa shape index (κ2) is 10.3. The minimum Gasteiger partial charge on any atom is -0.444 e. The summed E-state index contributed by atoms with van der Waals surface area (Å²) in [5.74, 6) is 0.749. The lowest BCUT2D eigenvalue weighted by molar-refractivity contribution is -0.0118. The Kier molecular flexibility index (Phi) is 7.76. The molecule has 1 aromatic heterocycles. The zero-order valence-corrected chi connectivity index (χ0v) is 19.5. The van der Waals surface area contributed by atoms with Gasteiger partial charge in [0.25, 0.3) is 0 Å². The van der Waals surface area contributed by atoms with E-state index < -0.39 is 5.60 Å². The summed E-state index contributed by atoms with van der Waals surface area (Å²) in [7, 11) is 1.69. The molecule has 1 aliphatic carbocycles. The molecule has 6 heteroatoms. The molecule has 0 N–H and O–H groups in total. The van der Waals surface area contributed by atoms with Gasteiger partial charge in [0, 0.05) is 37.2 Å². The number of carbonyl (C=O) groups excluding carboxylic acids is 1. The highest BCUT2D eigenvalue weighted by atomic mass is 16.6. The Balaban J connectivity index is 1.80. The van der Waals surface area contributed by atoms with Crippen molar-refractivity contribution in [2.75, 3.05) is 13.7 Å². The van der Waals surface area contributed by atoms with E-state index in [1.807, 2.05) is 62.1 Å². The lowest BCUT2D eigenvalue weighted by atomic mass is 9.95. The number of hydrogen-bond acceptors (Lipinski definition) is 5. The summed E-state index contributed by atoms with van der Waals surface area (Å²) < 4.78 is 17.3. The molecular weight excluding hydrogens is 392 g/mol. The first-order valence-corrected chi connectivity index (χ1v) is 11.4. The van der Waals surface area contributed by atoms with E-state index in [2.05, 4.69) is 12.1 Å². The number of carbonyl (C=O) groups is 1. The van der Waals surface area contributed by atoms with Crippen molar-refractivity contribution in [2.24, 2.45) is 5.92 Å². The van der Waals surface area contributed by atoms with E-state index in [1.54, 1.807) is 7.11 Å². The molecule has 2 atom stereocenters. The predicted molar refractivity (Wildman–Crippen MR) is 121 cm³/mol. The highest BCUT2D eigenvalue weighted by Crippen LogP contribution is 2.34. The summed E-state index contributed by atoms with van der Waals surface area (Å²) in [5, 5.41) is 4.25. The quantitative estimate of drug-likeness (QED) is 0.498. The van der Waals surface area contributed by atoms with Gasteiger partial charge in [0.1, 0.15) is 17.4 Å². The summed E-state index contributed by atoms with van der Waals surface area (Å²) in [5.41, 5.74) is 1.26. The average Bonchev–Trinajstić information content (AvgIpc) is 3.43. The third-order valence-electron chi connectivity index (χ3n) is 5.91. The van der Waals surface area contributed by atoms with Crippen molar-refractivity contribution in [3.63, 3.8) is 0 Å². The molecule has 0 spiro atoms. The summed E-state index contributed by atoms with van der Waals surface area (Å²) in [6.45, 7) is 8.41. The number of aromatic nitrogens is 1. The van der Waals surface area contributed by atoms with Crippen LogP contribution in [0.5, 0.6) is 0 Å². The van der Waals surface area contributed by atoms with Crippen molar-refractivity contribution >= 4 is 6.09 Å². The van der Waals surface area contributed by atoms with Crippen LogP contribution in [0.2, 0.25) is 0 Å². The molecular formula is C25H36N2O4. The van der Waals surface area contributed by atoms with Gasteiger partial charge < -0.3 is 18.9 Å². The highest BCUT2D eigenvalue weighted by molar-refractivity contribution is 5.68. The smallest absolute Gasteiger partial charge is 0.410 e. The summed E-state index contributed by atoms with van der Waals surface area (Å²) >= 11 is 0. The fourth-order valence-corrected chi connectivity index (χ4v) is 4.31. The minimum atomic E-state index is -0.522. The van der Waals surface area contributed by atoms with Gasteiger partial charge in [0.05, 0.1) is 0 Å². The molecule has 1 saturated carbocycles. The maximum absolute atomic E-state index is 13.1. The molecule has 0 saturated heterocycles. The van der Waals surface area contributed by atoms with Gasteiger partial charge in [0.15, 0.2) is 5.76 Å². The Bertz CT molecular complexity index is 822. The van der Waals surface area contributed by atoms with E-state index in [-0.39, 0.29) is 24.2 Å². The normalized spacial score (nSPS) is 16.8. The number of hydrogen-bond donors (Lipinski definition) is 0. The molecule has 1 amide bonds. The second-order valence-corrected chi connectivity index (χ2v) is 9.38. The van der Waals surface area contributed by atoms with Crippen LogP contribution in [0.15, 0.2) is 40.9 Å². The van der Waals surface area contributed by atoms with Crippen LogP contribution in [0.3, 0.4) is 0 Å². The largest absolute Gasteiger partial charge is 0.444 e. The third-order valence-corrected chi connectivity index (χ3v) is 5.91. The zero-order chi connectivity index (χ0) is 22.4. The standard InChI is InChI=1S/C25H36N2O4/c1-6-18(17-27(20-14-10-11-15-20)24(28)30-25(2,3)4)23(29-5)22-16-21(26-31-22)19-12-8-7-9-13-19/h7-9,12-13,16,18,20,23H,6,10-11,14-15,17H2,1-5H3.